The Hall–Kier alpha value is -1.78. The van der Waals surface area contributed by atoms with Gasteiger partial charge in [-0.2, -0.15) is 0 Å². The Balaban J connectivity index is 1.72. The normalized spacial score (nSPS) is 15.6. The highest BCUT2D eigenvalue weighted by molar-refractivity contribution is 7.80. The Labute approximate surface area is 159 Å². The largest absolute Gasteiger partial charge is 0.494 e. The average Bonchev–Trinajstić information content (AvgIpc) is 3.06. The summed E-state index contributed by atoms with van der Waals surface area (Å²) in [5, 5.41) is 8.23. The summed E-state index contributed by atoms with van der Waals surface area (Å²) in [6.07, 6.45) is 4.40. The zero-order chi connectivity index (χ0) is 17.7. The number of rotatable bonds is 5. The van der Waals surface area contributed by atoms with Crippen molar-refractivity contribution in [1.29, 1.82) is 0 Å². The zero-order valence-corrected chi connectivity index (χ0v) is 15.9. The van der Waals surface area contributed by atoms with Gasteiger partial charge in [-0.15, -0.1) is 0 Å². The summed E-state index contributed by atoms with van der Waals surface area (Å²) in [5.41, 5.74) is 1.88. The molecule has 1 aliphatic rings. The Morgan fingerprint density at radius 1 is 1.12 bits per heavy atom. The molecule has 1 aliphatic carbocycles. The maximum absolute atomic E-state index is 6.47. The van der Waals surface area contributed by atoms with E-state index in [0.29, 0.717) is 11.7 Å². The number of hydrogen-bond donors (Lipinski definition) is 2. The topological polar surface area (TPSA) is 33.3 Å². The molecule has 132 valence electrons. The fourth-order valence-electron chi connectivity index (χ4n) is 3.47. The van der Waals surface area contributed by atoms with Gasteiger partial charge in [0.1, 0.15) is 5.75 Å². The molecule has 0 radical (unpaired) electrons. The maximum atomic E-state index is 6.47. The van der Waals surface area contributed by atoms with Gasteiger partial charge < -0.3 is 15.4 Å². The lowest BCUT2D eigenvalue weighted by Gasteiger charge is -2.33. The standard InChI is InChI=1S/C20H23ClN2OS/c1-2-24-16-11-9-15(10-12-16)22-19(25)23-20(13-5-6-14-20)17-7-3-4-8-18(17)21/h3-4,7-12H,2,5-6,13-14H2,1H3,(H2,22,23,25). The summed E-state index contributed by atoms with van der Waals surface area (Å²) in [7, 11) is 0. The molecule has 1 saturated carbocycles. The molecule has 0 atom stereocenters. The van der Waals surface area contributed by atoms with E-state index < -0.39 is 0 Å². The molecule has 2 aromatic carbocycles. The molecule has 5 heteroatoms. The highest BCUT2D eigenvalue weighted by atomic mass is 35.5. The molecule has 2 N–H and O–H groups in total. The predicted octanol–water partition coefficient (Wildman–Crippen LogP) is 5.49. The molecule has 0 heterocycles. The van der Waals surface area contributed by atoms with Crippen LogP contribution in [0.25, 0.3) is 0 Å². The van der Waals surface area contributed by atoms with Crippen molar-refractivity contribution in [3.8, 4) is 5.75 Å². The van der Waals surface area contributed by atoms with Crippen molar-refractivity contribution in [3.63, 3.8) is 0 Å². The third kappa shape index (κ3) is 4.25. The molecular formula is C20H23ClN2OS. The second-order valence-electron chi connectivity index (χ2n) is 6.31. The third-order valence-electron chi connectivity index (χ3n) is 4.62. The highest BCUT2D eigenvalue weighted by Crippen LogP contribution is 2.41. The number of hydrogen-bond acceptors (Lipinski definition) is 2. The molecule has 0 aliphatic heterocycles. The van der Waals surface area contributed by atoms with Crippen LogP contribution >= 0.6 is 23.8 Å². The first-order chi connectivity index (χ1) is 12.1. The second kappa shape index (κ2) is 8.07. The number of ether oxygens (including phenoxy) is 1. The lowest BCUT2D eigenvalue weighted by atomic mass is 9.88. The SMILES string of the molecule is CCOc1ccc(NC(=S)NC2(c3ccccc3Cl)CCCC2)cc1. The van der Waals surface area contributed by atoms with E-state index in [1.54, 1.807) is 0 Å². The van der Waals surface area contributed by atoms with Gasteiger partial charge in [0, 0.05) is 10.7 Å². The minimum absolute atomic E-state index is 0.187. The van der Waals surface area contributed by atoms with Crippen molar-refractivity contribution in [2.24, 2.45) is 0 Å². The molecular weight excluding hydrogens is 352 g/mol. The summed E-state index contributed by atoms with van der Waals surface area (Å²) >= 11 is 12.0. The first-order valence-electron chi connectivity index (χ1n) is 8.70. The molecule has 0 spiro atoms. The van der Waals surface area contributed by atoms with E-state index >= 15 is 0 Å². The third-order valence-corrected chi connectivity index (χ3v) is 5.16. The van der Waals surface area contributed by atoms with Crippen molar-refractivity contribution in [3.05, 3.63) is 59.1 Å². The van der Waals surface area contributed by atoms with Crippen LogP contribution in [0.15, 0.2) is 48.5 Å². The fourth-order valence-corrected chi connectivity index (χ4v) is 4.10. The number of anilines is 1. The molecule has 3 nitrogen and oxygen atoms in total. The molecule has 0 saturated heterocycles. The lowest BCUT2D eigenvalue weighted by molar-refractivity contribution is 0.340. The minimum Gasteiger partial charge on any atom is -0.494 e. The second-order valence-corrected chi connectivity index (χ2v) is 7.12. The van der Waals surface area contributed by atoms with Crippen LogP contribution in [0.2, 0.25) is 5.02 Å². The van der Waals surface area contributed by atoms with E-state index in [2.05, 4.69) is 16.7 Å². The Morgan fingerprint density at radius 3 is 2.44 bits per heavy atom. The van der Waals surface area contributed by atoms with Gasteiger partial charge in [-0.3, -0.25) is 0 Å². The molecule has 0 aromatic heterocycles. The van der Waals surface area contributed by atoms with Crippen LogP contribution in [0.4, 0.5) is 5.69 Å². The average molecular weight is 375 g/mol. The van der Waals surface area contributed by atoms with E-state index in [9.17, 15) is 0 Å². The zero-order valence-electron chi connectivity index (χ0n) is 14.3. The van der Waals surface area contributed by atoms with Crippen LogP contribution in [0.3, 0.4) is 0 Å². The first kappa shape index (κ1) is 18.0. The smallest absolute Gasteiger partial charge is 0.171 e. The summed E-state index contributed by atoms with van der Waals surface area (Å²) in [6, 6.07) is 15.9. The Morgan fingerprint density at radius 2 is 1.80 bits per heavy atom. The van der Waals surface area contributed by atoms with Gasteiger partial charge in [0.15, 0.2) is 5.11 Å². The van der Waals surface area contributed by atoms with Gasteiger partial charge in [0.25, 0.3) is 0 Å². The quantitative estimate of drug-likeness (QED) is 0.677. The number of halogens is 1. The molecule has 25 heavy (non-hydrogen) atoms. The fraction of sp³-hybridized carbons (Fsp3) is 0.350. The van der Waals surface area contributed by atoms with Gasteiger partial charge in [-0.1, -0.05) is 42.6 Å². The summed E-state index contributed by atoms with van der Waals surface area (Å²) in [6.45, 7) is 2.63. The number of thiocarbonyl (C=S) groups is 1. The van der Waals surface area contributed by atoms with E-state index in [4.69, 9.17) is 28.6 Å². The van der Waals surface area contributed by atoms with Crippen molar-refractivity contribution in [2.75, 3.05) is 11.9 Å². The Bertz CT molecular complexity index is 727. The highest BCUT2D eigenvalue weighted by Gasteiger charge is 2.37. The van der Waals surface area contributed by atoms with Crippen molar-refractivity contribution in [2.45, 2.75) is 38.1 Å². The van der Waals surface area contributed by atoms with Crippen LogP contribution in [-0.4, -0.2) is 11.7 Å². The van der Waals surface area contributed by atoms with Crippen LogP contribution in [-0.2, 0) is 5.54 Å². The van der Waals surface area contributed by atoms with Crippen LogP contribution < -0.4 is 15.4 Å². The monoisotopic (exact) mass is 374 g/mol. The van der Waals surface area contributed by atoms with E-state index in [0.717, 1.165) is 34.9 Å². The van der Waals surface area contributed by atoms with Crippen molar-refractivity contribution in [1.82, 2.24) is 5.32 Å². The van der Waals surface area contributed by atoms with Crippen LogP contribution in [0, 0.1) is 0 Å². The molecule has 0 unspecified atom stereocenters. The molecule has 3 rings (SSSR count). The van der Waals surface area contributed by atoms with Gasteiger partial charge in [-0.25, -0.2) is 0 Å². The molecule has 0 amide bonds. The predicted molar refractivity (Wildman–Crippen MR) is 109 cm³/mol. The Kier molecular flexibility index (Phi) is 5.82. The summed E-state index contributed by atoms with van der Waals surface area (Å²) < 4.78 is 5.47. The molecule has 0 bridgehead atoms. The summed E-state index contributed by atoms with van der Waals surface area (Å²) in [5.74, 6) is 0.857. The van der Waals surface area contributed by atoms with E-state index in [1.165, 1.54) is 12.8 Å². The first-order valence-corrected chi connectivity index (χ1v) is 9.49. The van der Waals surface area contributed by atoms with E-state index in [1.807, 2.05) is 49.4 Å². The van der Waals surface area contributed by atoms with Gasteiger partial charge in [0.05, 0.1) is 12.1 Å². The number of nitrogens with one attached hydrogen (secondary N) is 2. The van der Waals surface area contributed by atoms with Gasteiger partial charge >= 0.3 is 0 Å². The molecule has 1 fully saturated rings. The van der Waals surface area contributed by atoms with E-state index in [-0.39, 0.29) is 5.54 Å². The maximum Gasteiger partial charge on any atom is 0.171 e. The van der Waals surface area contributed by atoms with Gasteiger partial charge in [-0.05, 0) is 67.9 Å². The minimum atomic E-state index is -0.187. The molecule has 2 aromatic rings. The van der Waals surface area contributed by atoms with Crippen molar-refractivity contribution >= 4 is 34.6 Å². The number of benzene rings is 2. The summed E-state index contributed by atoms with van der Waals surface area (Å²) in [4.78, 5) is 0. The van der Waals surface area contributed by atoms with Crippen LogP contribution in [0.5, 0.6) is 5.75 Å². The van der Waals surface area contributed by atoms with Gasteiger partial charge in [0.2, 0.25) is 0 Å². The van der Waals surface area contributed by atoms with Crippen molar-refractivity contribution < 1.29 is 4.74 Å². The lowest BCUT2D eigenvalue weighted by Crippen LogP contribution is -2.45. The van der Waals surface area contributed by atoms with Crippen LogP contribution in [0.1, 0.15) is 38.2 Å².